The number of carbonyl (C=O) groups excluding carboxylic acids is 1. The molecule has 2 aromatic rings. The molecule has 30 heavy (non-hydrogen) atoms. The molecule has 1 N–H and O–H groups in total. The van der Waals surface area contributed by atoms with Crippen molar-refractivity contribution in [3.05, 3.63) is 47.0 Å². The summed E-state index contributed by atoms with van der Waals surface area (Å²) in [6.07, 6.45) is 0.603. The first kappa shape index (κ1) is 22.7. The molecule has 1 aromatic carbocycles. The number of aromatic nitrogens is 3. The zero-order valence-electron chi connectivity index (χ0n) is 17.5. The van der Waals surface area contributed by atoms with Gasteiger partial charge in [0.15, 0.2) is 5.82 Å². The molecule has 2 atom stereocenters. The van der Waals surface area contributed by atoms with Crippen molar-refractivity contribution in [1.82, 2.24) is 24.4 Å². The summed E-state index contributed by atoms with van der Waals surface area (Å²) in [5.41, 5.74) is 1.49. The van der Waals surface area contributed by atoms with Crippen molar-refractivity contribution in [3.8, 4) is 0 Å². The van der Waals surface area contributed by atoms with Crippen LogP contribution >= 0.6 is 12.4 Å². The van der Waals surface area contributed by atoms with Gasteiger partial charge in [0.1, 0.15) is 5.82 Å². The number of sulfonamides is 1. The number of aromatic amines is 1. The van der Waals surface area contributed by atoms with Gasteiger partial charge >= 0.3 is 0 Å². The maximum absolute atomic E-state index is 13.1. The molecule has 8 nitrogen and oxygen atoms in total. The van der Waals surface area contributed by atoms with E-state index in [1.807, 2.05) is 38.1 Å². The van der Waals surface area contributed by atoms with E-state index < -0.39 is 15.4 Å². The summed E-state index contributed by atoms with van der Waals surface area (Å²) in [6, 6.07) is 7.59. The Morgan fingerprint density at radius 1 is 1.23 bits per heavy atom. The van der Waals surface area contributed by atoms with Gasteiger partial charge in [-0.2, -0.15) is 5.10 Å². The molecule has 10 heteroatoms. The number of aryl methyl sites for hydroxylation is 2. The number of likely N-dealkylation sites (tertiary alicyclic amines) is 1. The third-order valence-electron chi connectivity index (χ3n) is 6.28. The fourth-order valence-corrected chi connectivity index (χ4v) is 6.13. The van der Waals surface area contributed by atoms with Gasteiger partial charge in [0.2, 0.25) is 15.9 Å². The first-order valence-corrected chi connectivity index (χ1v) is 11.5. The maximum atomic E-state index is 13.1. The molecule has 2 aliphatic heterocycles. The summed E-state index contributed by atoms with van der Waals surface area (Å²) in [5.74, 6) is 1.38. The number of H-pyrrole nitrogens is 1. The van der Waals surface area contributed by atoms with Crippen molar-refractivity contribution >= 4 is 28.3 Å². The lowest BCUT2D eigenvalue weighted by atomic mass is 9.72. The van der Waals surface area contributed by atoms with Gasteiger partial charge in [0.05, 0.1) is 11.2 Å². The lowest BCUT2D eigenvalue weighted by Gasteiger charge is -2.40. The van der Waals surface area contributed by atoms with Crippen LogP contribution in [0.3, 0.4) is 0 Å². The van der Waals surface area contributed by atoms with E-state index in [9.17, 15) is 13.2 Å². The summed E-state index contributed by atoms with van der Waals surface area (Å²) in [6.45, 7) is 7.24. The lowest BCUT2D eigenvalue weighted by Crippen LogP contribution is -2.52. The van der Waals surface area contributed by atoms with E-state index in [-0.39, 0.29) is 30.0 Å². The van der Waals surface area contributed by atoms with Gasteiger partial charge in [0.25, 0.3) is 0 Å². The highest BCUT2D eigenvalue weighted by Gasteiger charge is 2.54. The molecule has 164 valence electrons. The van der Waals surface area contributed by atoms with Crippen LogP contribution in [0.2, 0.25) is 0 Å². The minimum Gasteiger partial charge on any atom is -0.342 e. The SMILES string of the molecule is CC(=O)N1C[C@H]2CN(S(=O)(=O)Cc3ccc(C)cc3)CC[C@@]2(c2n[nH]c(C)n2)C1.Cl. The minimum atomic E-state index is -3.45. The monoisotopic (exact) mass is 453 g/mol. The van der Waals surface area contributed by atoms with Gasteiger partial charge in [-0.25, -0.2) is 17.7 Å². The second-order valence-electron chi connectivity index (χ2n) is 8.35. The van der Waals surface area contributed by atoms with Crippen LogP contribution in [-0.4, -0.2) is 64.9 Å². The number of fused-ring (bicyclic) bond motifs is 1. The molecule has 2 saturated heterocycles. The van der Waals surface area contributed by atoms with E-state index in [4.69, 9.17) is 0 Å². The fraction of sp³-hybridized carbons (Fsp3) is 0.550. The van der Waals surface area contributed by atoms with Crippen molar-refractivity contribution in [3.63, 3.8) is 0 Å². The zero-order chi connectivity index (χ0) is 20.8. The van der Waals surface area contributed by atoms with E-state index in [0.29, 0.717) is 38.4 Å². The normalized spacial score (nSPS) is 24.4. The average Bonchev–Trinajstić information content (AvgIpc) is 3.27. The highest BCUT2D eigenvalue weighted by molar-refractivity contribution is 7.88. The van der Waals surface area contributed by atoms with E-state index in [1.165, 1.54) is 0 Å². The molecule has 4 rings (SSSR count). The van der Waals surface area contributed by atoms with Crippen LogP contribution in [0.1, 0.15) is 36.1 Å². The number of halogens is 1. The Morgan fingerprint density at radius 2 is 1.93 bits per heavy atom. The number of amides is 1. The minimum absolute atomic E-state index is 0. The van der Waals surface area contributed by atoms with Gasteiger partial charge in [0, 0.05) is 39.0 Å². The molecule has 0 unspecified atom stereocenters. The van der Waals surface area contributed by atoms with Gasteiger partial charge in [-0.3, -0.25) is 9.89 Å². The Morgan fingerprint density at radius 3 is 2.53 bits per heavy atom. The van der Waals surface area contributed by atoms with Crippen molar-refractivity contribution in [2.24, 2.45) is 5.92 Å². The van der Waals surface area contributed by atoms with E-state index in [1.54, 1.807) is 16.1 Å². The smallest absolute Gasteiger partial charge is 0.219 e. The fourth-order valence-electron chi connectivity index (χ4n) is 4.56. The Kier molecular flexibility index (Phi) is 6.27. The average molecular weight is 454 g/mol. The zero-order valence-corrected chi connectivity index (χ0v) is 19.1. The van der Waals surface area contributed by atoms with Crippen LogP contribution in [-0.2, 0) is 26.0 Å². The van der Waals surface area contributed by atoms with Gasteiger partial charge < -0.3 is 4.90 Å². The quantitative estimate of drug-likeness (QED) is 0.760. The standard InChI is InChI=1S/C20H27N5O3S.ClH/c1-14-4-6-17(7-5-14)12-29(27,28)25-9-8-20(19-21-15(2)22-23-19)13-24(16(3)26)10-18(20)11-25;/h4-7,18H,8-13H2,1-3H3,(H,21,22,23);1H/t18-,20+;/m0./s1. The summed E-state index contributed by atoms with van der Waals surface area (Å²) in [5, 5.41) is 7.29. The number of nitrogens with one attached hydrogen (secondary N) is 1. The predicted molar refractivity (Wildman–Crippen MR) is 116 cm³/mol. The molecule has 2 fully saturated rings. The number of carbonyl (C=O) groups is 1. The highest BCUT2D eigenvalue weighted by atomic mass is 35.5. The molecule has 0 spiro atoms. The Bertz CT molecular complexity index is 1020. The maximum Gasteiger partial charge on any atom is 0.219 e. The number of nitrogens with zero attached hydrogens (tertiary/aromatic N) is 4. The molecule has 1 aromatic heterocycles. The van der Waals surface area contributed by atoms with Crippen LogP contribution in [0, 0.1) is 19.8 Å². The molecule has 0 radical (unpaired) electrons. The van der Waals surface area contributed by atoms with Crippen LogP contribution < -0.4 is 0 Å². The third-order valence-corrected chi connectivity index (χ3v) is 8.09. The van der Waals surface area contributed by atoms with Crippen LogP contribution in [0.4, 0.5) is 0 Å². The highest BCUT2D eigenvalue weighted by Crippen LogP contribution is 2.44. The molecule has 1 amide bonds. The molecular weight excluding hydrogens is 426 g/mol. The Hall–Kier alpha value is -1.97. The van der Waals surface area contributed by atoms with E-state index in [2.05, 4.69) is 15.2 Å². The second kappa shape index (κ2) is 8.28. The first-order chi connectivity index (χ1) is 13.7. The number of rotatable bonds is 4. The van der Waals surface area contributed by atoms with Crippen LogP contribution in [0.25, 0.3) is 0 Å². The molecule has 2 aliphatic rings. The molecule has 0 aliphatic carbocycles. The van der Waals surface area contributed by atoms with Gasteiger partial charge in [-0.1, -0.05) is 29.8 Å². The van der Waals surface area contributed by atoms with Crippen molar-refractivity contribution in [2.45, 2.75) is 38.4 Å². The summed E-state index contributed by atoms with van der Waals surface area (Å²) in [7, 11) is -3.45. The number of benzene rings is 1. The molecular formula is C20H28ClN5O3S. The van der Waals surface area contributed by atoms with Gasteiger partial charge in [-0.05, 0) is 25.8 Å². The lowest BCUT2D eigenvalue weighted by molar-refractivity contribution is -0.128. The topological polar surface area (TPSA) is 99.3 Å². The second-order valence-corrected chi connectivity index (χ2v) is 10.3. The molecule has 0 bridgehead atoms. The molecule has 3 heterocycles. The number of hydrogen-bond acceptors (Lipinski definition) is 5. The summed E-state index contributed by atoms with van der Waals surface area (Å²) in [4.78, 5) is 18.4. The number of hydrogen-bond donors (Lipinski definition) is 1. The Labute approximate surface area is 183 Å². The van der Waals surface area contributed by atoms with Crippen LogP contribution in [0.5, 0.6) is 0 Å². The Balaban J connectivity index is 0.00000256. The summed E-state index contributed by atoms with van der Waals surface area (Å²) < 4.78 is 27.8. The van der Waals surface area contributed by atoms with E-state index >= 15 is 0 Å². The molecule has 0 saturated carbocycles. The van der Waals surface area contributed by atoms with Crippen molar-refractivity contribution in [1.29, 1.82) is 0 Å². The first-order valence-electron chi connectivity index (χ1n) is 9.88. The van der Waals surface area contributed by atoms with E-state index in [0.717, 1.165) is 17.0 Å². The number of piperidine rings is 1. The van der Waals surface area contributed by atoms with Crippen LogP contribution in [0.15, 0.2) is 24.3 Å². The van der Waals surface area contributed by atoms with Crippen molar-refractivity contribution < 1.29 is 13.2 Å². The largest absolute Gasteiger partial charge is 0.342 e. The summed E-state index contributed by atoms with van der Waals surface area (Å²) >= 11 is 0. The third kappa shape index (κ3) is 4.10. The van der Waals surface area contributed by atoms with Gasteiger partial charge in [-0.15, -0.1) is 12.4 Å². The predicted octanol–water partition coefficient (Wildman–Crippen LogP) is 1.80. The van der Waals surface area contributed by atoms with Crippen molar-refractivity contribution in [2.75, 3.05) is 26.2 Å².